The van der Waals surface area contributed by atoms with Gasteiger partial charge in [-0.15, -0.1) is 0 Å². The van der Waals surface area contributed by atoms with E-state index in [-0.39, 0.29) is 0 Å². The van der Waals surface area contributed by atoms with Gasteiger partial charge in [0, 0.05) is 0 Å². The fourth-order valence-corrected chi connectivity index (χ4v) is 0.806. The van der Waals surface area contributed by atoms with Crippen LogP contribution < -0.4 is 0 Å². The predicted octanol–water partition coefficient (Wildman–Crippen LogP) is 3.87. The van der Waals surface area contributed by atoms with Crippen molar-refractivity contribution in [1.82, 2.24) is 0 Å². The quantitative estimate of drug-likeness (QED) is 0.536. The highest BCUT2D eigenvalue weighted by molar-refractivity contribution is 5.32. The Labute approximate surface area is 70.3 Å². The van der Waals surface area contributed by atoms with Gasteiger partial charge in [0.15, 0.2) is 0 Å². The zero-order chi connectivity index (χ0) is 8.85. The van der Waals surface area contributed by atoms with E-state index in [0.717, 1.165) is 6.42 Å². The summed E-state index contributed by atoms with van der Waals surface area (Å²) < 4.78 is 0. The molecule has 0 saturated heterocycles. The van der Waals surface area contributed by atoms with Gasteiger partial charge in [-0.2, -0.15) is 0 Å². The summed E-state index contributed by atoms with van der Waals surface area (Å²) in [5.74, 6) is 0. The van der Waals surface area contributed by atoms with Gasteiger partial charge in [0.25, 0.3) is 0 Å². The molecule has 0 heteroatoms. The number of hydrogen-bond donors (Lipinski definition) is 0. The molecule has 0 radical (unpaired) electrons. The van der Waals surface area contributed by atoms with Crippen LogP contribution in [0, 0.1) is 0 Å². The third-order valence-electron chi connectivity index (χ3n) is 1.88. The van der Waals surface area contributed by atoms with E-state index < -0.39 is 0 Å². The van der Waals surface area contributed by atoms with Crippen LogP contribution in [0.4, 0.5) is 0 Å². The summed E-state index contributed by atoms with van der Waals surface area (Å²) in [6, 6.07) is 0. The Balaban J connectivity index is 4.34. The highest BCUT2D eigenvalue weighted by Gasteiger charge is 1.92. The Morgan fingerprint density at radius 2 is 1.91 bits per heavy atom. The molecule has 0 aliphatic heterocycles. The van der Waals surface area contributed by atoms with Gasteiger partial charge in [-0.3, -0.25) is 0 Å². The average molecular weight is 150 g/mol. The molecule has 0 nitrogen and oxygen atoms in total. The molecule has 62 valence electrons. The summed E-state index contributed by atoms with van der Waals surface area (Å²) in [4.78, 5) is 0. The molecule has 0 aromatic carbocycles. The standard InChI is InChI=1S/C11H18/c1-6-9(3)8-11(5)10(4)7-2/h6,8H,4,7H2,1-3,5H3/b9-6-,11-8-. The van der Waals surface area contributed by atoms with Crippen LogP contribution in [0.5, 0.6) is 0 Å². The van der Waals surface area contributed by atoms with Crippen LogP contribution in [0.15, 0.2) is 35.5 Å². The third-order valence-corrected chi connectivity index (χ3v) is 1.88. The Bertz CT molecular complexity index is 192. The lowest BCUT2D eigenvalue weighted by Crippen LogP contribution is -1.81. The number of hydrogen-bond acceptors (Lipinski definition) is 0. The monoisotopic (exact) mass is 150 g/mol. The van der Waals surface area contributed by atoms with Crippen molar-refractivity contribution in [2.24, 2.45) is 0 Å². The van der Waals surface area contributed by atoms with Crippen molar-refractivity contribution in [3.8, 4) is 0 Å². The summed E-state index contributed by atoms with van der Waals surface area (Å²) in [5.41, 5.74) is 3.83. The second kappa shape index (κ2) is 4.95. The first-order chi connectivity index (χ1) is 5.11. The third kappa shape index (κ3) is 3.82. The van der Waals surface area contributed by atoms with Crippen LogP contribution in [0.3, 0.4) is 0 Å². The van der Waals surface area contributed by atoms with Crippen molar-refractivity contribution in [3.05, 3.63) is 35.5 Å². The molecule has 0 spiro atoms. The summed E-state index contributed by atoms with van der Waals surface area (Å²) in [6.45, 7) is 12.4. The van der Waals surface area contributed by atoms with Crippen LogP contribution >= 0.6 is 0 Å². The Morgan fingerprint density at radius 3 is 2.27 bits per heavy atom. The maximum atomic E-state index is 3.96. The van der Waals surface area contributed by atoms with Crippen molar-refractivity contribution in [3.63, 3.8) is 0 Å². The second-order valence-electron chi connectivity index (χ2n) is 2.82. The molecule has 0 atom stereocenters. The molecule has 0 N–H and O–H groups in total. The van der Waals surface area contributed by atoms with Gasteiger partial charge in [0.05, 0.1) is 0 Å². The van der Waals surface area contributed by atoms with E-state index in [9.17, 15) is 0 Å². The first kappa shape index (κ1) is 10.2. The largest absolute Gasteiger partial charge is 0.0956 e. The summed E-state index contributed by atoms with van der Waals surface area (Å²) in [5, 5.41) is 0. The van der Waals surface area contributed by atoms with E-state index in [1.807, 2.05) is 6.92 Å². The topological polar surface area (TPSA) is 0 Å². The molecule has 0 amide bonds. The lowest BCUT2D eigenvalue weighted by Gasteiger charge is -2.01. The molecule has 0 bridgehead atoms. The molecule has 11 heavy (non-hydrogen) atoms. The van der Waals surface area contributed by atoms with Crippen molar-refractivity contribution in [1.29, 1.82) is 0 Å². The minimum atomic E-state index is 1.04. The molecule has 0 aliphatic carbocycles. The lowest BCUT2D eigenvalue weighted by atomic mass is 10.0. The molecule has 0 fully saturated rings. The van der Waals surface area contributed by atoms with Crippen LogP contribution in [0.1, 0.15) is 34.1 Å². The molecule has 0 saturated carbocycles. The Hall–Kier alpha value is -0.780. The van der Waals surface area contributed by atoms with Crippen molar-refractivity contribution in [2.45, 2.75) is 34.1 Å². The van der Waals surface area contributed by atoms with Gasteiger partial charge in [-0.25, -0.2) is 0 Å². The van der Waals surface area contributed by atoms with E-state index in [4.69, 9.17) is 0 Å². The summed E-state index contributed by atoms with van der Waals surface area (Å²) in [6.07, 6.45) is 5.32. The Morgan fingerprint density at radius 1 is 1.36 bits per heavy atom. The second-order valence-corrected chi connectivity index (χ2v) is 2.82. The van der Waals surface area contributed by atoms with Crippen LogP contribution in [-0.4, -0.2) is 0 Å². The summed E-state index contributed by atoms with van der Waals surface area (Å²) >= 11 is 0. The maximum absolute atomic E-state index is 3.96. The van der Waals surface area contributed by atoms with Gasteiger partial charge in [0.1, 0.15) is 0 Å². The SMILES string of the molecule is C=C(CC)/C(C)=C\C(C)=C/C. The molecular weight excluding hydrogens is 132 g/mol. The smallest absolute Gasteiger partial charge is 0.0311 e. The van der Waals surface area contributed by atoms with Crippen LogP contribution in [0.25, 0.3) is 0 Å². The fourth-order valence-electron chi connectivity index (χ4n) is 0.806. The predicted molar refractivity (Wildman–Crippen MR) is 52.6 cm³/mol. The van der Waals surface area contributed by atoms with Gasteiger partial charge in [-0.05, 0) is 32.8 Å². The zero-order valence-electron chi connectivity index (χ0n) is 8.07. The van der Waals surface area contributed by atoms with Crippen LogP contribution in [0.2, 0.25) is 0 Å². The normalized spacial score (nSPS) is 13.5. The average Bonchev–Trinajstić information content (AvgIpc) is 2.02. The molecule has 0 aromatic rings. The minimum absolute atomic E-state index is 1.04. The van der Waals surface area contributed by atoms with Crippen molar-refractivity contribution < 1.29 is 0 Å². The highest BCUT2D eigenvalue weighted by Crippen LogP contribution is 2.12. The highest BCUT2D eigenvalue weighted by atomic mass is 14.0. The molecule has 0 aliphatic rings. The van der Waals surface area contributed by atoms with Crippen molar-refractivity contribution in [2.75, 3.05) is 0 Å². The van der Waals surface area contributed by atoms with E-state index in [1.165, 1.54) is 16.7 Å². The maximum Gasteiger partial charge on any atom is -0.0311 e. The lowest BCUT2D eigenvalue weighted by molar-refractivity contribution is 1.11. The number of rotatable bonds is 3. The van der Waals surface area contributed by atoms with Gasteiger partial charge in [0.2, 0.25) is 0 Å². The Kier molecular flexibility index (Phi) is 4.60. The van der Waals surface area contributed by atoms with E-state index in [0.29, 0.717) is 0 Å². The van der Waals surface area contributed by atoms with E-state index in [2.05, 4.69) is 39.5 Å². The molecular formula is C11H18. The van der Waals surface area contributed by atoms with E-state index >= 15 is 0 Å². The molecule has 0 unspecified atom stereocenters. The number of allylic oxidation sites excluding steroid dienone is 5. The molecule has 0 heterocycles. The first-order valence-electron chi connectivity index (χ1n) is 4.11. The summed E-state index contributed by atoms with van der Waals surface area (Å²) in [7, 11) is 0. The van der Waals surface area contributed by atoms with Gasteiger partial charge >= 0.3 is 0 Å². The zero-order valence-corrected chi connectivity index (χ0v) is 8.07. The minimum Gasteiger partial charge on any atom is -0.0956 e. The molecule has 0 rings (SSSR count). The first-order valence-corrected chi connectivity index (χ1v) is 4.11. The van der Waals surface area contributed by atoms with Crippen LogP contribution in [-0.2, 0) is 0 Å². The molecule has 0 aromatic heterocycles. The van der Waals surface area contributed by atoms with E-state index in [1.54, 1.807) is 0 Å². The van der Waals surface area contributed by atoms with Crippen molar-refractivity contribution >= 4 is 0 Å². The van der Waals surface area contributed by atoms with Gasteiger partial charge in [-0.1, -0.05) is 36.8 Å². The van der Waals surface area contributed by atoms with Gasteiger partial charge < -0.3 is 0 Å². The fraction of sp³-hybridized carbons (Fsp3) is 0.455.